The van der Waals surface area contributed by atoms with Crippen LogP contribution in [0.1, 0.15) is 10.4 Å². The Morgan fingerprint density at radius 3 is 2.73 bits per heavy atom. The van der Waals surface area contributed by atoms with Crippen LogP contribution in [-0.4, -0.2) is 40.0 Å². The maximum Gasteiger partial charge on any atom is 0.279 e. The summed E-state index contributed by atoms with van der Waals surface area (Å²) in [6.07, 6.45) is 1.56. The molecule has 6 nitrogen and oxygen atoms in total. The summed E-state index contributed by atoms with van der Waals surface area (Å²) in [5.74, 6) is -0.319. The fraction of sp³-hybridized carbons (Fsp3) is 0.133. The summed E-state index contributed by atoms with van der Waals surface area (Å²) < 4.78 is 1.56. The van der Waals surface area contributed by atoms with Gasteiger partial charge in [0.2, 0.25) is 0 Å². The molecule has 22 heavy (non-hydrogen) atoms. The standard InChI is InChI=1S/C15H13ClN4O2/c1-19(22-2)15(21)11-8-12(16)13-9-17-18-20(13)14(11)10-6-4-3-5-7-10/h3-9H,1-2H3. The number of hydrogen-bond donors (Lipinski definition) is 0. The van der Waals surface area contributed by atoms with E-state index in [1.807, 2.05) is 30.3 Å². The highest BCUT2D eigenvalue weighted by molar-refractivity contribution is 6.34. The number of carbonyl (C=O) groups excluding carboxylic acids is 1. The first-order valence-corrected chi connectivity index (χ1v) is 6.91. The van der Waals surface area contributed by atoms with Crippen molar-refractivity contribution >= 4 is 23.0 Å². The van der Waals surface area contributed by atoms with E-state index in [2.05, 4.69) is 10.3 Å². The third-order valence-electron chi connectivity index (χ3n) is 3.37. The third-order valence-corrected chi connectivity index (χ3v) is 3.67. The minimum Gasteiger partial charge on any atom is -0.274 e. The van der Waals surface area contributed by atoms with Crippen molar-refractivity contribution in [3.8, 4) is 11.3 Å². The van der Waals surface area contributed by atoms with Gasteiger partial charge in [-0.15, -0.1) is 5.10 Å². The second-order valence-corrected chi connectivity index (χ2v) is 5.04. The maximum absolute atomic E-state index is 12.6. The number of rotatable bonds is 3. The van der Waals surface area contributed by atoms with E-state index in [1.165, 1.54) is 14.2 Å². The number of pyridine rings is 1. The Hall–Kier alpha value is -2.44. The van der Waals surface area contributed by atoms with Crippen molar-refractivity contribution in [1.29, 1.82) is 0 Å². The van der Waals surface area contributed by atoms with E-state index < -0.39 is 0 Å². The molecule has 0 saturated heterocycles. The lowest BCUT2D eigenvalue weighted by Crippen LogP contribution is -2.26. The summed E-state index contributed by atoms with van der Waals surface area (Å²) in [6.45, 7) is 0. The molecule has 1 amide bonds. The number of halogens is 1. The van der Waals surface area contributed by atoms with E-state index in [-0.39, 0.29) is 5.91 Å². The Morgan fingerprint density at radius 1 is 1.32 bits per heavy atom. The minimum absolute atomic E-state index is 0.319. The quantitative estimate of drug-likeness (QED) is 0.697. The highest BCUT2D eigenvalue weighted by Gasteiger charge is 2.22. The van der Waals surface area contributed by atoms with Gasteiger partial charge < -0.3 is 0 Å². The molecule has 7 heteroatoms. The molecule has 1 aromatic carbocycles. The van der Waals surface area contributed by atoms with Crippen molar-refractivity contribution in [2.45, 2.75) is 0 Å². The molecule has 0 spiro atoms. The van der Waals surface area contributed by atoms with Gasteiger partial charge in [0.1, 0.15) is 5.52 Å². The Morgan fingerprint density at radius 2 is 2.05 bits per heavy atom. The van der Waals surface area contributed by atoms with Crippen LogP contribution in [-0.2, 0) is 4.84 Å². The summed E-state index contributed by atoms with van der Waals surface area (Å²) in [5.41, 5.74) is 2.48. The number of benzene rings is 1. The van der Waals surface area contributed by atoms with Crippen LogP contribution in [0.3, 0.4) is 0 Å². The van der Waals surface area contributed by atoms with E-state index in [0.717, 1.165) is 10.6 Å². The fourth-order valence-electron chi connectivity index (χ4n) is 2.24. The topological polar surface area (TPSA) is 59.7 Å². The van der Waals surface area contributed by atoms with Crippen molar-refractivity contribution < 1.29 is 9.63 Å². The number of hydroxylamine groups is 2. The molecule has 0 N–H and O–H groups in total. The molecule has 0 aliphatic rings. The van der Waals surface area contributed by atoms with Gasteiger partial charge in [-0.1, -0.05) is 47.1 Å². The molecule has 0 aliphatic heterocycles. The zero-order chi connectivity index (χ0) is 15.7. The molecule has 0 saturated carbocycles. The van der Waals surface area contributed by atoms with Crippen molar-refractivity contribution in [1.82, 2.24) is 19.9 Å². The van der Waals surface area contributed by atoms with Crippen LogP contribution in [0.25, 0.3) is 16.8 Å². The molecule has 2 heterocycles. The summed E-state index contributed by atoms with van der Waals surface area (Å²) in [6, 6.07) is 11.1. The molecule has 0 radical (unpaired) electrons. The van der Waals surface area contributed by atoms with Crippen LogP contribution in [0.15, 0.2) is 42.6 Å². The minimum atomic E-state index is -0.319. The number of hydrogen-bond acceptors (Lipinski definition) is 4. The van der Waals surface area contributed by atoms with Gasteiger partial charge in [-0.25, -0.2) is 9.58 Å². The van der Waals surface area contributed by atoms with E-state index in [1.54, 1.807) is 16.8 Å². The van der Waals surface area contributed by atoms with Gasteiger partial charge in [-0.2, -0.15) is 0 Å². The van der Waals surface area contributed by atoms with Gasteiger partial charge >= 0.3 is 0 Å². The van der Waals surface area contributed by atoms with Gasteiger partial charge in [0.05, 0.1) is 29.6 Å². The van der Waals surface area contributed by atoms with Crippen LogP contribution in [0.4, 0.5) is 0 Å². The van der Waals surface area contributed by atoms with Crippen LogP contribution in [0.5, 0.6) is 0 Å². The van der Waals surface area contributed by atoms with E-state index in [0.29, 0.717) is 21.8 Å². The van der Waals surface area contributed by atoms with Gasteiger partial charge in [0.15, 0.2) is 0 Å². The predicted molar refractivity (Wildman–Crippen MR) is 82.5 cm³/mol. The zero-order valence-corrected chi connectivity index (χ0v) is 12.8. The molecule has 0 fully saturated rings. The monoisotopic (exact) mass is 316 g/mol. The molecule has 0 unspecified atom stereocenters. The molecule has 0 atom stereocenters. The average Bonchev–Trinajstić information content (AvgIpc) is 3.04. The molecular formula is C15H13ClN4O2. The van der Waals surface area contributed by atoms with Crippen LogP contribution in [0, 0.1) is 0 Å². The van der Waals surface area contributed by atoms with Gasteiger partial charge in [0, 0.05) is 12.6 Å². The number of amides is 1. The average molecular weight is 317 g/mol. The zero-order valence-electron chi connectivity index (χ0n) is 12.0. The third kappa shape index (κ3) is 2.32. The summed E-state index contributed by atoms with van der Waals surface area (Å²) in [5, 5.41) is 9.48. The Kier molecular flexibility index (Phi) is 3.79. The second-order valence-electron chi connectivity index (χ2n) is 4.64. The highest BCUT2D eigenvalue weighted by atomic mass is 35.5. The molecule has 112 valence electrons. The molecular weight excluding hydrogens is 304 g/mol. The number of nitrogens with zero attached hydrogens (tertiary/aromatic N) is 4. The van der Waals surface area contributed by atoms with E-state index in [9.17, 15) is 4.79 Å². The van der Waals surface area contributed by atoms with Gasteiger partial charge in [-0.05, 0) is 6.07 Å². The lowest BCUT2D eigenvalue weighted by atomic mass is 10.0. The van der Waals surface area contributed by atoms with Crippen molar-refractivity contribution in [2.24, 2.45) is 0 Å². The molecule has 0 aliphatic carbocycles. The Bertz CT molecular complexity index is 832. The second kappa shape index (κ2) is 5.75. The van der Waals surface area contributed by atoms with Gasteiger partial charge in [0.25, 0.3) is 5.91 Å². The lowest BCUT2D eigenvalue weighted by Gasteiger charge is -2.17. The summed E-state index contributed by atoms with van der Waals surface area (Å²) in [7, 11) is 2.96. The van der Waals surface area contributed by atoms with Crippen LogP contribution in [0.2, 0.25) is 5.02 Å². The summed E-state index contributed by atoms with van der Waals surface area (Å²) in [4.78, 5) is 17.6. The van der Waals surface area contributed by atoms with Crippen molar-refractivity contribution in [3.63, 3.8) is 0 Å². The smallest absolute Gasteiger partial charge is 0.274 e. The number of aromatic nitrogens is 3. The van der Waals surface area contributed by atoms with E-state index in [4.69, 9.17) is 16.4 Å². The largest absolute Gasteiger partial charge is 0.279 e. The number of carbonyl (C=O) groups is 1. The van der Waals surface area contributed by atoms with Crippen LogP contribution < -0.4 is 0 Å². The molecule has 0 bridgehead atoms. The predicted octanol–water partition coefficient (Wildman–Crippen LogP) is 2.68. The normalized spacial score (nSPS) is 10.9. The van der Waals surface area contributed by atoms with Crippen molar-refractivity contribution in [2.75, 3.05) is 14.2 Å². The van der Waals surface area contributed by atoms with Crippen molar-refractivity contribution in [3.05, 3.63) is 53.2 Å². The Balaban J connectivity index is 2.33. The van der Waals surface area contributed by atoms with Crippen LogP contribution >= 0.6 is 11.6 Å². The Labute approximate surface area is 131 Å². The first kappa shape index (κ1) is 14.5. The number of fused-ring (bicyclic) bond motifs is 1. The maximum atomic E-state index is 12.6. The molecule has 3 rings (SSSR count). The van der Waals surface area contributed by atoms with Gasteiger partial charge in [-0.3, -0.25) is 9.63 Å². The summed E-state index contributed by atoms with van der Waals surface area (Å²) >= 11 is 6.24. The first-order chi connectivity index (χ1) is 10.6. The SMILES string of the molecule is CON(C)C(=O)c1cc(Cl)c2cnnn2c1-c1ccccc1. The molecule has 2 aromatic heterocycles. The molecule has 3 aromatic rings. The lowest BCUT2D eigenvalue weighted by molar-refractivity contribution is -0.0756. The highest BCUT2D eigenvalue weighted by Crippen LogP contribution is 2.29. The first-order valence-electron chi connectivity index (χ1n) is 6.54. The van der Waals surface area contributed by atoms with E-state index >= 15 is 0 Å². The fourth-order valence-corrected chi connectivity index (χ4v) is 2.47.